The van der Waals surface area contributed by atoms with Crippen molar-refractivity contribution in [2.45, 2.75) is 26.3 Å². The van der Waals surface area contributed by atoms with Crippen molar-refractivity contribution in [1.29, 1.82) is 0 Å². The molecule has 1 aromatic heterocycles. The molecule has 3 rings (SSSR count). The molecule has 0 bridgehead atoms. The first-order chi connectivity index (χ1) is 10.6. The van der Waals surface area contributed by atoms with Gasteiger partial charge in [0, 0.05) is 24.1 Å². The molecule has 5 heteroatoms. The van der Waals surface area contributed by atoms with Crippen LogP contribution in [0.2, 0.25) is 0 Å². The molecule has 0 unspecified atom stereocenters. The number of benzene rings is 1. The quantitative estimate of drug-likeness (QED) is 0.819. The van der Waals surface area contributed by atoms with Gasteiger partial charge in [-0.25, -0.2) is 4.39 Å². The third-order valence-electron chi connectivity index (χ3n) is 3.83. The maximum atomic E-state index is 13.8. The molecule has 2 aromatic rings. The molecule has 1 fully saturated rings. The molecular weight excluding hydrogens is 283 g/mol. The van der Waals surface area contributed by atoms with Crippen LogP contribution in [-0.2, 0) is 16.1 Å². The molecule has 22 heavy (non-hydrogen) atoms. The van der Waals surface area contributed by atoms with Crippen LogP contribution < -0.4 is 0 Å². The summed E-state index contributed by atoms with van der Waals surface area (Å²) in [6.45, 7) is 2.03. The number of carbonyl (C=O) groups excluding carboxylic acids is 2. The molecule has 1 aromatic carbocycles. The molecule has 2 amide bonds. The summed E-state index contributed by atoms with van der Waals surface area (Å²) < 4.78 is 13.8. The van der Waals surface area contributed by atoms with Crippen molar-refractivity contribution < 1.29 is 14.0 Å². The standard InChI is InChI=1S/C17H15FN2O2/c1-11-12(10-20-16(21)8-9-17(20)22)6-7-15(19-11)13-4-2-3-5-14(13)18/h2-7H,8-10H2,1H3. The molecule has 0 radical (unpaired) electrons. The zero-order chi connectivity index (χ0) is 15.7. The molecule has 0 aliphatic carbocycles. The van der Waals surface area contributed by atoms with E-state index in [1.165, 1.54) is 11.0 Å². The molecule has 0 N–H and O–H groups in total. The van der Waals surface area contributed by atoms with Crippen LogP contribution in [0.3, 0.4) is 0 Å². The average molecular weight is 298 g/mol. The first kappa shape index (κ1) is 14.4. The highest BCUT2D eigenvalue weighted by molar-refractivity contribution is 6.01. The Kier molecular flexibility index (Phi) is 3.71. The summed E-state index contributed by atoms with van der Waals surface area (Å²) in [4.78, 5) is 29.0. The van der Waals surface area contributed by atoms with Gasteiger partial charge in [0.2, 0.25) is 11.8 Å². The fourth-order valence-corrected chi connectivity index (χ4v) is 2.55. The molecule has 0 atom stereocenters. The van der Waals surface area contributed by atoms with Gasteiger partial charge < -0.3 is 0 Å². The van der Waals surface area contributed by atoms with Crippen LogP contribution in [0.1, 0.15) is 24.1 Å². The Bertz CT molecular complexity index is 742. The number of likely N-dealkylation sites (tertiary alicyclic amines) is 1. The summed E-state index contributed by atoms with van der Waals surface area (Å²) in [5.41, 5.74) is 2.46. The zero-order valence-electron chi connectivity index (χ0n) is 12.2. The van der Waals surface area contributed by atoms with E-state index < -0.39 is 0 Å². The van der Waals surface area contributed by atoms with Crippen molar-refractivity contribution in [3.8, 4) is 11.3 Å². The highest BCUT2D eigenvalue weighted by Crippen LogP contribution is 2.23. The molecule has 112 valence electrons. The first-order valence-electron chi connectivity index (χ1n) is 7.11. The number of rotatable bonds is 3. The number of imide groups is 1. The van der Waals surface area contributed by atoms with E-state index in [-0.39, 0.29) is 37.0 Å². The second-order valence-electron chi connectivity index (χ2n) is 5.29. The maximum Gasteiger partial charge on any atom is 0.229 e. The Hall–Kier alpha value is -2.56. The first-order valence-corrected chi connectivity index (χ1v) is 7.11. The van der Waals surface area contributed by atoms with Gasteiger partial charge in [0.25, 0.3) is 0 Å². The minimum absolute atomic E-state index is 0.150. The van der Waals surface area contributed by atoms with E-state index in [4.69, 9.17) is 0 Å². The molecule has 1 aliphatic heterocycles. The van der Waals surface area contributed by atoms with Gasteiger partial charge in [0.05, 0.1) is 12.2 Å². The predicted molar refractivity (Wildman–Crippen MR) is 79.2 cm³/mol. The van der Waals surface area contributed by atoms with Gasteiger partial charge in [0.1, 0.15) is 5.82 Å². The summed E-state index contributed by atoms with van der Waals surface area (Å²) in [6, 6.07) is 9.95. The molecule has 0 saturated carbocycles. The molecule has 2 heterocycles. The number of aromatic nitrogens is 1. The van der Waals surface area contributed by atoms with E-state index in [0.717, 1.165) is 5.56 Å². The van der Waals surface area contributed by atoms with Crippen molar-refractivity contribution in [2.75, 3.05) is 0 Å². The molecule has 0 spiro atoms. The largest absolute Gasteiger partial charge is 0.278 e. The Labute approximate surface area is 127 Å². The number of pyridine rings is 1. The van der Waals surface area contributed by atoms with Gasteiger partial charge >= 0.3 is 0 Å². The van der Waals surface area contributed by atoms with Gasteiger partial charge in [-0.05, 0) is 30.7 Å². The smallest absolute Gasteiger partial charge is 0.229 e. The number of carbonyl (C=O) groups is 2. The van der Waals surface area contributed by atoms with Crippen LogP contribution in [0.5, 0.6) is 0 Å². The van der Waals surface area contributed by atoms with Crippen LogP contribution in [-0.4, -0.2) is 21.7 Å². The van der Waals surface area contributed by atoms with Gasteiger partial charge in [-0.3, -0.25) is 19.5 Å². The van der Waals surface area contributed by atoms with Crippen LogP contribution >= 0.6 is 0 Å². The highest BCUT2D eigenvalue weighted by Gasteiger charge is 2.29. The Morgan fingerprint density at radius 2 is 1.77 bits per heavy atom. The lowest BCUT2D eigenvalue weighted by atomic mass is 10.1. The number of halogens is 1. The van der Waals surface area contributed by atoms with E-state index in [9.17, 15) is 14.0 Å². The average Bonchev–Trinajstić information content (AvgIpc) is 2.81. The van der Waals surface area contributed by atoms with E-state index in [1.807, 2.05) is 0 Å². The van der Waals surface area contributed by atoms with Crippen LogP contribution in [0, 0.1) is 12.7 Å². The van der Waals surface area contributed by atoms with Crippen molar-refractivity contribution >= 4 is 11.8 Å². The lowest BCUT2D eigenvalue weighted by molar-refractivity contribution is -0.139. The lowest BCUT2D eigenvalue weighted by Crippen LogP contribution is -2.28. The van der Waals surface area contributed by atoms with Crippen LogP contribution in [0.25, 0.3) is 11.3 Å². The fraction of sp³-hybridized carbons (Fsp3) is 0.235. The van der Waals surface area contributed by atoms with E-state index >= 15 is 0 Å². The molecule has 1 saturated heterocycles. The van der Waals surface area contributed by atoms with Crippen LogP contribution in [0.4, 0.5) is 4.39 Å². The third kappa shape index (κ3) is 2.62. The normalized spacial score (nSPS) is 14.7. The third-order valence-corrected chi connectivity index (χ3v) is 3.83. The predicted octanol–water partition coefficient (Wildman–Crippen LogP) is 2.85. The van der Waals surface area contributed by atoms with Crippen molar-refractivity contribution in [3.63, 3.8) is 0 Å². The van der Waals surface area contributed by atoms with Gasteiger partial charge in [-0.15, -0.1) is 0 Å². The van der Waals surface area contributed by atoms with Crippen molar-refractivity contribution in [3.05, 3.63) is 53.5 Å². The zero-order valence-corrected chi connectivity index (χ0v) is 12.2. The lowest BCUT2D eigenvalue weighted by Gasteiger charge is -2.15. The highest BCUT2D eigenvalue weighted by atomic mass is 19.1. The molecule has 1 aliphatic rings. The number of aryl methyl sites for hydroxylation is 1. The van der Waals surface area contributed by atoms with E-state index in [0.29, 0.717) is 17.0 Å². The van der Waals surface area contributed by atoms with E-state index in [1.54, 1.807) is 37.3 Å². The Morgan fingerprint density at radius 1 is 1.09 bits per heavy atom. The van der Waals surface area contributed by atoms with Gasteiger partial charge in [-0.1, -0.05) is 18.2 Å². The number of hydrogen-bond donors (Lipinski definition) is 0. The van der Waals surface area contributed by atoms with E-state index in [2.05, 4.69) is 4.98 Å². The summed E-state index contributed by atoms with van der Waals surface area (Å²) in [7, 11) is 0. The monoisotopic (exact) mass is 298 g/mol. The minimum atomic E-state index is -0.327. The summed E-state index contributed by atoms with van der Waals surface area (Å²) in [6.07, 6.45) is 0.553. The van der Waals surface area contributed by atoms with Gasteiger partial charge in [0.15, 0.2) is 0 Å². The number of hydrogen-bond acceptors (Lipinski definition) is 3. The summed E-state index contributed by atoms with van der Waals surface area (Å²) in [5, 5.41) is 0. The Balaban J connectivity index is 1.88. The maximum absolute atomic E-state index is 13.8. The Morgan fingerprint density at radius 3 is 2.41 bits per heavy atom. The summed E-state index contributed by atoms with van der Waals surface area (Å²) >= 11 is 0. The molecule has 4 nitrogen and oxygen atoms in total. The van der Waals surface area contributed by atoms with Crippen LogP contribution in [0.15, 0.2) is 36.4 Å². The number of nitrogens with zero attached hydrogens (tertiary/aromatic N) is 2. The topological polar surface area (TPSA) is 50.3 Å². The number of amides is 2. The van der Waals surface area contributed by atoms with Crippen molar-refractivity contribution in [1.82, 2.24) is 9.88 Å². The SMILES string of the molecule is Cc1nc(-c2ccccc2F)ccc1CN1C(=O)CCC1=O. The van der Waals surface area contributed by atoms with Crippen molar-refractivity contribution in [2.24, 2.45) is 0 Å². The fourth-order valence-electron chi connectivity index (χ4n) is 2.55. The summed E-state index contributed by atoms with van der Waals surface area (Å²) in [5.74, 6) is -0.628. The second-order valence-corrected chi connectivity index (χ2v) is 5.29. The molecular formula is C17H15FN2O2. The van der Waals surface area contributed by atoms with Gasteiger partial charge in [-0.2, -0.15) is 0 Å². The second kappa shape index (κ2) is 5.67. The minimum Gasteiger partial charge on any atom is -0.278 e.